The molecule has 4 heteroatoms. The number of hydrogen-bond acceptors (Lipinski definition) is 4. The zero-order chi connectivity index (χ0) is 14.7. The van der Waals surface area contributed by atoms with Crippen molar-refractivity contribution in [3.8, 4) is 5.75 Å². The second kappa shape index (κ2) is 6.24. The van der Waals surface area contributed by atoms with E-state index in [-0.39, 0.29) is 0 Å². The third kappa shape index (κ3) is 3.33. The number of para-hydroxylation sites is 2. The van der Waals surface area contributed by atoms with E-state index in [1.54, 1.807) is 7.11 Å². The fraction of sp³-hybridized carbons (Fsp3) is 0.647. The Morgan fingerprint density at radius 1 is 1.19 bits per heavy atom. The van der Waals surface area contributed by atoms with Gasteiger partial charge in [-0.15, -0.1) is 0 Å². The SMILES string of the molecule is COc1ccccc1N1CCN(CC2(C)CCCN2)CC1. The van der Waals surface area contributed by atoms with Gasteiger partial charge < -0.3 is 15.0 Å². The van der Waals surface area contributed by atoms with Crippen LogP contribution in [0.15, 0.2) is 24.3 Å². The predicted octanol–water partition coefficient (Wildman–Crippen LogP) is 1.96. The summed E-state index contributed by atoms with van der Waals surface area (Å²) in [5.74, 6) is 0.982. The standard InChI is InChI=1S/C17H27N3O/c1-17(8-5-9-18-17)14-19-10-12-20(13-11-19)15-6-3-4-7-16(15)21-2/h3-4,6-7,18H,5,8-14H2,1-2H3. The lowest BCUT2D eigenvalue weighted by Gasteiger charge is -2.40. The van der Waals surface area contributed by atoms with E-state index >= 15 is 0 Å². The molecule has 2 saturated heterocycles. The predicted molar refractivity (Wildman–Crippen MR) is 87.3 cm³/mol. The molecule has 1 unspecified atom stereocenters. The number of nitrogens with zero attached hydrogens (tertiary/aromatic N) is 2. The summed E-state index contributed by atoms with van der Waals surface area (Å²) in [6, 6.07) is 8.33. The lowest BCUT2D eigenvalue weighted by atomic mass is 9.99. The highest BCUT2D eigenvalue weighted by molar-refractivity contribution is 5.58. The first-order valence-electron chi connectivity index (χ1n) is 8.06. The van der Waals surface area contributed by atoms with Crippen LogP contribution in [0.4, 0.5) is 5.69 Å². The molecule has 4 nitrogen and oxygen atoms in total. The van der Waals surface area contributed by atoms with Crippen molar-refractivity contribution in [2.45, 2.75) is 25.3 Å². The number of hydrogen-bond donors (Lipinski definition) is 1. The molecule has 0 saturated carbocycles. The highest BCUT2D eigenvalue weighted by atomic mass is 16.5. The van der Waals surface area contributed by atoms with Crippen molar-refractivity contribution in [3.05, 3.63) is 24.3 Å². The molecule has 0 spiro atoms. The third-order valence-electron chi connectivity index (χ3n) is 4.83. The Morgan fingerprint density at radius 3 is 2.62 bits per heavy atom. The van der Waals surface area contributed by atoms with Gasteiger partial charge in [0, 0.05) is 38.3 Å². The maximum Gasteiger partial charge on any atom is 0.142 e. The van der Waals surface area contributed by atoms with Gasteiger partial charge in [-0.25, -0.2) is 0 Å². The van der Waals surface area contributed by atoms with Crippen LogP contribution in [0, 0.1) is 0 Å². The Bertz CT molecular complexity index is 463. The second-order valence-corrected chi connectivity index (χ2v) is 6.53. The molecule has 116 valence electrons. The number of nitrogens with one attached hydrogen (secondary N) is 1. The van der Waals surface area contributed by atoms with Crippen LogP contribution in [0.3, 0.4) is 0 Å². The molecule has 0 aliphatic carbocycles. The minimum absolute atomic E-state index is 0.326. The highest BCUT2D eigenvalue weighted by Crippen LogP contribution is 2.29. The van der Waals surface area contributed by atoms with Crippen LogP contribution in [0.5, 0.6) is 5.75 Å². The topological polar surface area (TPSA) is 27.7 Å². The summed E-state index contributed by atoms with van der Waals surface area (Å²) in [5, 5.41) is 3.67. The maximum absolute atomic E-state index is 5.48. The Morgan fingerprint density at radius 2 is 1.95 bits per heavy atom. The van der Waals surface area contributed by atoms with Crippen LogP contribution in [-0.4, -0.2) is 56.8 Å². The molecule has 1 aromatic rings. The van der Waals surface area contributed by atoms with E-state index in [0.29, 0.717) is 5.54 Å². The Labute approximate surface area is 128 Å². The molecule has 2 heterocycles. The molecule has 1 N–H and O–H groups in total. The summed E-state index contributed by atoms with van der Waals surface area (Å²) in [7, 11) is 1.75. The zero-order valence-electron chi connectivity index (χ0n) is 13.3. The third-order valence-corrected chi connectivity index (χ3v) is 4.83. The van der Waals surface area contributed by atoms with E-state index in [4.69, 9.17) is 4.74 Å². The van der Waals surface area contributed by atoms with Crippen LogP contribution in [0.25, 0.3) is 0 Å². The number of rotatable bonds is 4. The van der Waals surface area contributed by atoms with E-state index in [0.717, 1.165) is 31.9 Å². The minimum Gasteiger partial charge on any atom is -0.495 e. The van der Waals surface area contributed by atoms with Gasteiger partial charge >= 0.3 is 0 Å². The molecule has 1 aromatic carbocycles. The Balaban J connectivity index is 1.57. The number of methoxy groups -OCH3 is 1. The van der Waals surface area contributed by atoms with Gasteiger partial charge in [-0.3, -0.25) is 4.90 Å². The van der Waals surface area contributed by atoms with E-state index < -0.39 is 0 Å². The van der Waals surface area contributed by atoms with Crippen LogP contribution < -0.4 is 15.0 Å². The molecule has 2 fully saturated rings. The average molecular weight is 289 g/mol. The number of benzene rings is 1. The summed E-state index contributed by atoms with van der Waals surface area (Å²) >= 11 is 0. The number of piperazine rings is 1. The normalized spacial score (nSPS) is 27.0. The second-order valence-electron chi connectivity index (χ2n) is 6.53. The zero-order valence-corrected chi connectivity index (χ0v) is 13.3. The molecule has 0 aromatic heterocycles. The first-order valence-corrected chi connectivity index (χ1v) is 8.06. The first-order chi connectivity index (χ1) is 10.2. The highest BCUT2D eigenvalue weighted by Gasteiger charge is 2.31. The van der Waals surface area contributed by atoms with Crippen molar-refractivity contribution < 1.29 is 4.74 Å². The summed E-state index contributed by atoms with van der Waals surface area (Å²) in [4.78, 5) is 5.05. The molecule has 2 aliphatic heterocycles. The summed E-state index contributed by atoms with van der Waals surface area (Å²) in [6.45, 7) is 9.15. The summed E-state index contributed by atoms with van der Waals surface area (Å²) in [6.07, 6.45) is 2.62. The Hall–Kier alpha value is -1.26. The van der Waals surface area contributed by atoms with Crippen molar-refractivity contribution >= 4 is 5.69 Å². The van der Waals surface area contributed by atoms with Crippen LogP contribution >= 0.6 is 0 Å². The quantitative estimate of drug-likeness (QED) is 0.917. The van der Waals surface area contributed by atoms with Gasteiger partial charge in [0.15, 0.2) is 0 Å². The van der Waals surface area contributed by atoms with E-state index in [1.165, 1.54) is 31.6 Å². The molecule has 0 radical (unpaired) electrons. The van der Waals surface area contributed by atoms with E-state index in [1.807, 2.05) is 12.1 Å². The van der Waals surface area contributed by atoms with Gasteiger partial charge in [0.25, 0.3) is 0 Å². The van der Waals surface area contributed by atoms with Gasteiger partial charge in [0.2, 0.25) is 0 Å². The Kier molecular flexibility index (Phi) is 4.36. The van der Waals surface area contributed by atoms with Crippen LogP contribution in [0.2, 0.25) is 0 Å². The monoisotopic (exact) mass is 289 g/mol. The van der Waals surface area contributed by atoms with E-state index in [2.05, 4.69) is 34.2 Å². The van der Waals surface area contributed by atoms with Gasteiger partial charge in [0.1, 0.15) is 5.75 Å². The van der Waals surface area contributed by atoms with E-state index in [9.17, 15) is 0 Å². The van der Waals surface area contributed by atoms with Gasteiger partial charge in [-0.2, -0.15) is 0 Å². The molecule has 0 amide bonds. The lowest BCUT2D eigenvalue weighted by molar-refractivity contribution is 0.193. The smallest absolute Gasteiger partial charge is 0.142 e. The molecule has 3 rings (SSSR count). The van der Waals surface area contributed by atoms with Crippen molar-refractivity contribution in [2.75, 3.05) is 51.3 Å². The van der Waals surface area contributed by atoms with Crippen LogP contribution in [-0.2, 0) is 0 Å². The maximum atomic E-state index is 5.48. The minimum atomic E-state index is 0.326. The molecular formula is C17H27N3O. The molecule has 2 aliphatic rings. The number of anilines is 1. The first kappa shape index (κ1) is 14.7. The lowest BCUT2D eigenvalue weighted by Crippen LogP contribution is -2.54. The number of ether oxygens (including phenoxy) is 1. The fourth-order valence-corrected chi connectivity index (χ4v) is 3.62. The molecular weight excluding hydrogens is 262 g/mol. The van der Waals surface area contributed by atoms with Crippen molar-refractivity contribution in [3.63, 3.8) is 0 Å². The van der Waals surface area contributed by atoms with Gasteiger partial charge in [-0.1, -0.05) is 12.1 Å². The fourth-order valence-electron chi connectivity index (χ4n) is 3.62. The molecule has 0 bridgehead atoms. The van der Waals surface area contributed by atoms with Gasteiger partial charge in [0.05, 0.1) is 12.8 Å². The summed E-state index contributed by atoms with van der Waals surface area (Å²) in [5.41, 5.74) is 1.55. The van der Waals surface area contributed by atoms with Crippen LogP contribution in [0.1, 0.15) is 19.8 Å². The molecule has 21 heavy (non-hydrogen) atoms. The summed E-state index contributed by atoms with van der Waals surface area (Å²) < 4.78 is 5.48. The van der Waals surface area contributed by atoms with Crippen molar-refractivity contribution in [2.24, 2.45) is 0 Å². The molecule has 1 atom stereocenters. The van der Waals surface area contributed by atoms with Gasteiger partial charge in [-0.05, 0) is 38.4 Å². The van der Waals surface area contributed by atoms with Crippen molar-refractivity contribution in [1.82, 2.24) is 10.2 Å². The largest absolute Gasteiger partial charge is 0.495 e. The average Bonchev–Trinajstić information content (AvgIpc) is 2.94. The van der Waals surface area contributed by atoms with Crippen molar-refractivity contribution in [1.29, 1.82) is 0 Å².